The van der Waals surface area contributed by atoms with Gasteiger partial charge in [0, 0.05) is 0 Å². The highest BCUT2D eigenvalue weighted by Crippen LogP contribution is 2.34. The maximum Gasteiger partial charge on any atom is 0.331 e. The molecule has 1 rings (SSSR count). The van der Waals surface area contributed by atoms with E-state index in [0.29, 0.717) is 0 Å². The largest absolute Gasteiger partial charge is 0.331 e. The fourth-order valence-electron chi connectivity index (χ4n) is 0.761. The van der Waals surface area contributed by atoms with Crippen LogP contribution in [0.3, 0.4) is 0 Å². The van der Waals surface area contributed by atoms with Crippen LogP contribution in [0.5, 0.6) is 0 Å². The van der Waals surface area contributed by atoms with Gasteiger partial charge in [0.05, 0.1) is 9.85 Å². The van der Waals surface area contributed by atoms with Gasteiger partial charge in [-0.2, -0.15) is 0 Å². The molecule has 0 radical (unpaired) electrons. The van der Waals surface area contributed by atoms with Crippen molar-refractivity contribution in [3.05, 3.63) is 37.8 Å². The van der Waals surface area contributed by atoms with Gasteiger partial charge < -0.3 is 0 Å². The van der Waals surface area contributed by atoms with E-state index in [0.717, 1.165) is 17.4 Å². The van der Waals surface area contributed by atoms with Crippen LogP contribution in [0.4, 0.5) is 10.7 Å². The number of nitrogens with zero attached hydrogens (tertiary/aromatic N) is 2. The van der Waals surface area contributed by atoms with Crippen LogP contribution in [0.1, 0.15) is 4.88 Å². The molecule has 0 aliphatic heterocycles. The molecule has 13 heavy (non-hydrogen) atoms. The predicted molar refractivity (Wildman–Crippen MR) is 47.7 cm³/mol. The van der Waals surface area contributed by atoms with Gasteiger partial charge in [-0.3, -0.25) is 20.2 Å². The maximum atomic E-state index is 10.4. The van der Waals surface area contributed by atoms with Crippen molar-refractivity contribution in [1.29, 1.82) is 0 Å². The molecule has 1 aromatic rings. The van der Waals surface area contributed by atoms with E-state index in [2.05, 4.69) is 6.58 Å². The standard InChI is InChI=1S/C6H4N2O4S/c1-2-5-4(7(9)10)3-6(13-5)8(11)12/h2-3H,1H2. The zero-order chi connectivity index (χ0) is 10.0. The van der Waals surface area contributed by atoms with Crippen LogP contribution in [-0.2, 0) is 0 Å². The maximum absolute atomic E-state index is 10.4. The Bertz CT molecular complexity index is 384. The molecule has 68 valence electrons. The molecule has 0 aliphatic carbocycles. The highest BCUT2D eigenvalue weighted by atomic mass is 32.1. The first-order chi connectivity index (χ1) is 6.06. The molecule has 0 spiro atoms. The van der Waals surface area contributed by atoms with Crippen LogP contribution in [-0.4, -0.2) is 9.85 Å². The summed E-state index contributed by atoms with van der Waals surface area (Å²) in [6, 6.07) is 0.932. The quantitative estimate of drug-likeness (QED) is 0.552. The van der Waals surface area contributed by atoms with E-state index in [1.54, 1.807) is 0 Å². The Balaban J connectivity index is 3.27. The first-order valence-electron chi connectivity index (χ1n) is 3.11. The Morgan fingerprint density at radius 3 is 2.31 bits per heavy atom. The fourth-order valence-corrected chi connectivity index (χ4v) is 1.55. The molecule has 0 aromatic carbocycles. The van der Waals surface area contributed by atoms with Gasteiger partial charge in [-0.25, -0.2) is 0 Å². The van der Waals surface area contributed by atoms with Gasteiger partial charge in [0.25, 0.3) is 5.69 Å². The van der Waals surface area contributed by atoms with Crippen molar-refractivity contribution in [2.75, 3.05) is 0 Å². The van der Waals surface area contributed by atoms with E-state index in [1.807, 2.05) is 0 Å². The molecular weight excluding hydrogens is 196 g/mol. The Kier molecular flexibility index (Phi) is 2.38. The lowest BCUT2D eigenvalue weighted by atomic mass is 10.4. The Labute approximate surface area is 76.4 Å². The predicted octanol–water partition coefficient (Wildman–Crippen LogP) is 2.21. The molecule has 0 unspecified atom stereocenters. The molecular formula is C6H4N2O4S. The number of rotatable bonds is 3. The van der Waals surface area contributed by atoms with Crippen LogP contribution in [0, 0.1) is 20.2 Å². The van der Waals surface area contributed by atoms with E-state index in [1.165, 1.54) is 6.08 Å². The summed E-state index contributed by atoms with van der Waals surface area (Å²) in [6.45, 7) is 3.33. The van der Waals surface area contributed by atoms with Gasteiger partial charge in [0.1, 0.15) is 10.9 Å². The van der Waals surface area contributed by atoms with Gasteiger partial charge >= 0.3 is 5.00 Å². The highest BCUT2D eigenvalue weighted by Gasteiger charge is 2.22. The first-order valence-corrected chi connectivity index (χ1v) is 3.93. The van der Waals surface area contributed by atoms with E-state index in [9.17, 15) is 20.2 Å². The first kappa shape index (κ1) is 9.33. The number of hydrogen-bond donors (Lipinski definition) is 0. The summed E-state index contributed by atoms with van der Waals surface area (Å²) in [6.07, 6.45) is 1.23. The van der Waals surface area contributed by atoms with Gasteiger partial charge in [0.15, 0.2) is 0 Å². The number of hydrogen-bond acceptors (Lipinski definition) is 5. The summed E-state index contributed by atoms with van der Waals surface area (Å²) in [7, 11) is 0. The van der Waals surface area contributed by atoms with E-state index in [4.69, 9.17) is 0 Å². The summed E-state index contributed by atoms with van der Waals surface area (Å²) < 4.78 is 0. The normalized spacial score (nSPS) is 9.54. The second-order valence-electron chi connectivity index (χ2n) is 2.05. The van der Waals surface area contributed by atoms with Crippen LogP contribution >= 0.6 is 11.3 Å². The summed E-state index contributed by atoms with van der Waals surface area (Å²) in [5.74, 6) is 0. The lowest BCUT2D eigenvalue weighted by molar-refractivity contribution is -0.390. The fraction of sp³-hybridized carbons (Fsp3) is 0. The minimum Gasteiger partial charge on any atom is -0.258 e. The molecule has 0 fully saturated rings. The average molecular weight is 200 g/mol. The molecule has 0 saturated carbocycles. The minimum absolute atomic E-state index is 0.205. The summed E-state index contributed by atoms with van der Waals surface area (Å²) in [5.41, 5.74) is -0.272. The van der Waals surface area contributed by atoms with Crippen LogP contribution in [0.2, 0.25) is 0 Å². The molecule has 0 amide bonds. The van der Waals surface area contributed by atoms with Crippen molar-refractivity contribution in [3.63, 3.8) is 0 Å². The Morgan fingerprint density at radius 1 is 1.38 bits per heavy atom. The zero-order valence-corrected chi connectivity index (χ0v) is 7.11. The Morgan fingerprint density at radius 2 is 2.00 bits per heavy atom. The smallest absolute Gasteiger partial charge is 0.258 e. The van der Waals surface area contributed by atoms with Gasteiger partial charge in [-0.05, 0) is 6.08 Å². The summed E-state index contributed by atoms with van der Waals surface area (Å²) >= 11 is 0.737. The van der Waals surface area contributed by atoms with E-state index < -0.39 is 9.85 Å². The number of nitro groups is 2. The van der Waals surface area contributed by atoms with Crippen molar-refractivity contribution in [2.45, 2.75) is 0 Å². The second-order valence-corrected chi connectivity index (χ2v) is 3.11. The molecule has 0 aliphatic rings. The number of thiophene rings is 1. The molecule has 1 heterocycles. The van der Waals surface area contributed by atoms with Crippen molar-refractivity contribution in [3.8, 4) is 0 Å². The summed E-state index contributed by atoms with van der Waals surface area (Å²) in [4.78, 5) is 19.5. The second kappa shape index (κ2) is 3.31. The summed E-state index contributed by atoms with van der Waals surface area (Å²) in [5, 5.41) is 20.4. The Hall–Kier alpha value is -1.76. The van der Waals surface area contributed by atoms with Gasteiger partial charge in [-0.1, -0.05) is 17.9 Å². The van der Waals surface area contributed by atoms with Crippen molar-refractivity contribution >= 4 is 28.1 Å². The molecule has 6 nitrogen and oxygen atoms in total. The molecule has 0 saturated heterocycles. The third-order valence-electron chi connectivity index (χ3n) is 1.29. The topological polar surface area (TPSA) is 86.3 Å². The minimum atomic E-state index is -0.666. The molecule has 1 aromatic heterocycles. The van der Waals surface area contributed by atoms with Crippen LogP contribution in [0.25, 0.3) is 6.08 Å². The van der Waals surface area contributed by atoms with E-state index >= 15 is 0 Å². The molecule has 0 bridgehead atoms. The zero-order valence-electron chi connectivity index (χ0n) is 6.30. The average Bonchev–Trinajstić information content (AvgIpc) is 2.47. The third kappa shape index (κ3) is 1.70. The highest BCUT2D eigenvalue weighted by molar-refractivity contribution is 7.16. The lowest BCUT2D eigenvalue weighted by Gasteiger charge is -1.84. The molecule has 0 atom stereocenters. The van der Waals surface area contributed by atoms with Crippen molar-refractivity contribution in [2.24, 2.45) is 0 Å². The van der Waals surface area contributed by atoms with E-state index in [-0.39, 0.29) is 15.6 Å². The SMILES string of the molecule is C=Cc1sc([N+](=O)[O-])cc1[N+](=O)[O-]. The van der Waals surface area contributed by atoms with Crippen molar-refractivity contribution in [1.82, 2.24) is 0 Å². The van der Waals surface area contributed by atoms with Gasteiger partial charge in [0.2, 0.25) is 0 Å². The van der Waals surface area contributed by atoms with Crippen molar-refractivity contribution < 1.29 is 9.85 Å². The van der Waals surface area contributed by atoms with Gasteiger partial charge in [-0.15, -0.1) is 0 Å². The van der Waals surface area contributed by atoms with Crippen LogP contribution in [0.15, 0.2) is 12.6 Å². The van der Waals surface area contributed by atoms with Crippen LogP contribution < -0.4 is 0 Å². The molecule has 7 heteroatoms. The lowest BCUT2D eigenvalue weighted by Crippen LogP contribution is -1.86. The third-order valence-corrected chi connectivity index (χ3v) is 2.36. The molecule has 0 N–H and O–H groups in total. The monoisotopic (exact) mass is 200 g/mol.